The molecule has 2 aromatic rings. The maximum absolute atomic E-state index is 11.5. The summed E-state index contributed by atoms with van der Waals surface area (Å²) in [6, 6.07) is 5.08. The molecular formula is C12H13N3O2. The van der Waals surface area contributed by atoms with Crippen molar-refractivity contribution in [1.29, 1.82) is 0 Å². The Morgan fingerprint density at radius 3 is 2.94 bits per heavy atom. The minimum absolute atomic E-state index is 0.0951. The molecule has 0 saturated heterocycles. The van der Waals surface area contributed by atoms with Crippen molar-refractivity contribution in [3.05, 3.63) is 52.5 Å². The molecule has 2 heterocycles. The molecule has 0 aliphatic heterocycles. The summed E-state index contributed by atoms with van der Waals surface area (Å²) in [7, 11) is 1.61. The second-order valence-electron chi connectivity index (χ2n) is 3.69. The Hall–Kier alpha value is -2.17. The van der Waals surface area contributed by atoms with Gasteiger partial charge in [0.15, 0.2) is 0 Å². The number of hydrogen-bond acceptors (Lipinski definition) is 4. The summed E-state index contributed by atoms with van der Waals surface area (Å²) >= 11 is 0. The number of rotatable bonds is 3. The first-order chi connectivity index (χ1) is 8.19. The maximum Gasteiger partial charge on any atom is 0.253 e. The lowest BCUT2D eigenvalue weighted by atomic mass is 10.3. The average Bonchev–Trinajstić information content (AvgIpc) is 2.31. The van der Waals surface area contributed by atoms with Crippen LogP contribution >= 0.6 is 0 Å². The molecule has 5 heteroatoms. The van der Waals surface area contributed by atoms with E-state index in [9.17, 15) is 4.79 Å². The zero-order valence-corrected chi connectivity index (χ0v) is 9.75. The number of aromatic nitrogens is 3. The van der Waals surface area contributed by atoms with Crippen molar-refractivity contribution < 1.29 is 4.74 Å². The molecule has 0 fully saturated rings. The second-order valence-corrected chi connectivity index (χ2v) is 3.69. The van der Waals surface area contributed by atoms with Gasteiger partial charge in [-0.15, -0.1) is 0 Å². The zero-order valence-electron chi connectivity index (χ0n) is 9.75. The highest BCUT2D eigenvalue weighted by Gasteiger charge is 2.02. The summed E-state index contributed by atoms with van der Waals surface area (Å²) in [5.74, 6) is 0.740. The van der Waals surface area contributed by atoms with E-state index in [-0.39, 0.29) is 5.56 Å². The lowest BCUT2D eigenvalue weighted by Gasteiger charge is -2.07. The van der Waals surface area contributed by atoms with E-state index in [2.05, 4.69) is 9.97 Å². The fourth-order valence-corrected chi connectivity index (χ4v) is 1.57. The average molecular weight is 231 g/mol. The van der Waals surface area contributed by atoms with E-state index in [0.29, 0.717) is 6.54 Å². The largest absolute Gasteiger partial charge is 0.497 e. The molecule has 17 heavy (non-hydrogen) atoms. The van der Waals surface area contributed by atoms with Crippen LogP contribution in [0.2, 0.25) is 0 Å². The zero-order chi connectivity index (χ0) is 12.3. The summed E-state index contributed by atoms with van der Waals surface area (Å²) in [5.41, 5.74) is 1.54. The highest BCUT2D eigenvalue weighted by molar-refractivity contribution is 5.26. The van der Waals surface area contributed by atoms with Gasteiger partial charge < -0.3 is 4.74 Å². The monoisotopic (exact) mass is 231 g/mol. The standard InChI is InChI=1S/C12H13N3O2/c1-9-5-11(17-2)6-10(14-9)7-15-8-13-4-3-12(15)16/h3-6,8H,7H2,1-2H3. The van der Waals surface area contributed by atoms with E-state index in [1.807, 2.05) is 19.1 Å². The van der Waals surface area contributed by atoms with Gasteiger partial charge in [-0.3, -0.25) is 14.3 Å². The molecule has 0 aliphatic carbocycles. The smallest absolute Gasteiger partial charge is 0.253 e. The van der Waals surface area contributed by atoms with Crippen molar-refractivity contribution in [3.8, 4) is 5.75 Å². The number of hydrogen-bond donors (Lipinski definition) is 0. The minimum Gasteiger partial charge on any atom is -0.497 e. The van der Waals surface area contributed by atoms with Gasteiger partial charge in [0, 0.05) is 30.1 Å². The van der Waals surface area contributed by atoms with Gasteiger partial charge in [-0.2, -0.15) is 0 Å². The quantitative estimate of drug-likeness (QED) is 0.790. The van der Waals surface area contributed by atoms with E-state index < -0.39 is 0 Å². The van der Waals surface area contributed by atoms with E-state index in [1.54, 1.807) is 7.11 Å². The van der Waals surface area contributed by atoms with E-state index in [0.717, 1.165) is 17.1 Å². The number of methoxy groups -OCH3 is 1. The van der Waals surface area contributed by atoms with Crippen LogP contribution in [0.4, 0.5) is 0 Å². The normalized spacial score (nSPS) is 10.2. The van der Waals surface area contributed by atoms with Gasteiger partial charge in [-0.1, -0.05) is 0 Å². The fourth-order valence-electron chi connectivity index (χ4n) is 1.57. The molecule has 0 saturated carbocycles. The van der Waals surface area contributed by atoms with Crippen molar-refractivity contribution in [1.82, 2.24) is 14.5 Å². The highest BCUT2D eigenvalue weighted by atomic mass is 16.5. The van der Waals surface area contributed by atoms with Crippen LogP contribution in [-0.2, 0) is 6.54 Å². The number of aryl methyl sites for hydroxylation is 1. The summed E-state index contributed by atoms with van der Waals surface area (Å²) in [5, 5.41) is 0. The van der Waals surface area contributed by atoms with Gasteiger partial charge >= 0.3 is 0 Å². The summed E-state index contributed by atoms with van der Waals surface area (Å²) < 4.78 is 6.66. The molecule has 0 N–H and O–H groups in total. The Balaban J connectivity index is 2.33. The second kappa shape index (κ2) is 4.78. The van der Waals surface area contributed by atoms with Crippen molar-refractivity contribution in [2.24, 2.45) is 0 Å². The molecule has 2 aromatic heterocycles. The van der Waals surface area contributed by atoms with Crippen LogP contribution in [0.25, 0.3) is 0 Å². The van der Waals surface area contributed by atoms with Gasteiger partial charge in [0.2, 0.25) is 0 Å². The lowest BCUT2D eigenvalue weighted by molar-refractivity contribution is 0.412. The molecular weight excluding hydrogens is 218 g/mol. The molecule has 0 spiro atoms. The Morgan fingerprint density at radius 2 is 2.24 bits per heavy atom. The van der Waals surface area contributed by atoms with Crippen LogP contribution in [0.5, 0.6) is 5.75 Å². The first-order valence-corrected chi connectivity index (χ1v) is 5.21. The van der Waals surface area contributed by atoms with Gasteiger partial charge in [0.05, 0.1) is 25.7 Å². The molecule has 0 atom stereocenters. The highest BCUT2D eigenvalue weighted by Crippen LogP contribution is 2.13. The van der Waals surface area contributed by atoms with Gasteiger partial charge in [-0.05, 0) is 6.92 Å². The lowest BCUT2D eigenvalue weighted by Crippen LogP contribution is -2.19. The molecule has 0 aliphatic rings. The van der Waals surface area contributed by atoms with Crippen LogP contribution in [0, 0.1) is 6.92 Å². The van der Waals surface area contributed by atoms with Crippen LogP contribution < -0.4 is 10.3 Å². The first kappa shape index (κ1) is 11.3. The minimum atomic E-state index is -0.0951. The number of ether oxygens (including phenoxy) is 1. The van der Waals surface area contributed by atoms with E-state index in [4.69, 9.17) is 4.74 Å². The summed E-state index contributed by atoms with van der Waals surface area (Å²) in [4.78, 5) is 19.8. The Labute approximate surface area is 98.7 Å². The van der Waals surface area contributed by atoms with Crippen molar-refractivity contribution in [3.63, 3.8) is 0 Å². The molecule has 0 aromatic carbocycles. The molecule has 88 valence electrons. The van der Waals surface area contributed by atoms with Gasteiger partial charge in [0.1, 0.15) is 5.75 Å². The van der Waals surface area contributed by atoms with Crippen LogP contribution in [0.3, 0.4) is 0 Å². The summed E-state index contributed by atoms with van der Waals surface area (Å²) in [6.45, 7) is 2.28. The van der Waals surface area contributed by atoms with Gasteiger partial charge in [-0.25, -0.2) is 4.98 Å². The molecule has 2 rings (SSSR count). The van der Waals surface area contributed by atoms with Gasteiger partial charge in [0.25, 0.3) is 5.56 Å². The predicted octanol–water partition coefficient (Wildman–Crippen LogP) is 1.00. The van der Waals surface area contributed by atoms with Crippen LogP contribution in [0.15, 0.2) is 35.5 Å². The summed E-state index contributed by atoms with van der Waals surface area (Å²) in [6.07, 6.45) is 2.97. The molecule has 0 amide bonds. The fraction of sp³-hybridized carbons (Fsp3) is 0.250. The molecule has 5 nitrogen and oxygen atoms in total. The Kier molecular flexibility index (Phi) is 3.18. The maximum atomic E-state index is 11.5. The Morgan fingerprint density at radius 1 is 1.41 bits per heavy atom. The third-order valence-electron chi connectivity index (χ3n) is 2.34. The SMILES string of the molecule is COc1cc(C)nc(Cn2cnccc2=O)c1. The number of nitrogens with zero attached hydrogens (tertiary/aromatic N) is 3. The van der Waals surface area contributed by atoms with E-state index >= 15 is 0 Å². The third-order valence-corrected chi connectivity index (χ3v) is 2.34. The van der Waals surface area contributed by atoms with Crippen LogP contribution in [0.1, 0.15) is 11.4 Å². The molecule has 0 bridgehead atoms. The molecule has 0 unspecified atom stereocenters. The van der Waals surface area contributed by atoms with Crippen molar-refractivity contribution in [2.45, 2.75) is 13.5 Å². The van der Waals surface area contributed by atoms with Crippen molar-refractivity contribution in [2.75, 3.05) is 7.11 Å². The Bertz CT molecular complexity index is 578. The predicted molar refractivity (Wildman–Crippen MR) is 63.1 cm³/mol. The first-order valence-electron chi connectivity index (χ1n) is 5.21. The van der Waals surface area contributed by atoms with Crippen LogP contribution in [-0.4, -0.2) is 21.6 Å². The third kappa shape index (κ3) is 2.69. The number of pyridine rings is 1. The topological polar surface area (TPSA) is 57.0 Å². The molecule has 0 radical (unpaired) electrons. The van der Waals surface area contributed by atoms with E-state index in [1.165, 1.54) is 23.2 Å². The van der Waals surface area contributed by atoms with Crippen molar-refractivity contribution >= 4 is 0 Å².